The lowest BCUT2D eigenvalue weighted by Crippen LogP contribution is -2.39. The third-order valence-electron chi connectivity index (χ3n) is 3.87. The number of benzene rings is 1. The molecule has 0 bridgehead atoms. The number of nitrogens with one attached hydrogen (secondary N) is 1. The summed E-state index contributed by atoms with van der Waals surface area (Å²) in [5.74, 6) is -1.86. The number of dihydropyridines is 1. The second-order valence-corrected chi connectivity index (χ2v) is 6.31. The molecule has 140 valence electrons. The first-order chi connectivity index (χ1) is 12.4. The van der Waals surface area contributed by atoms with E-state index in [0.29, 0.717) is 5.56 Å². The molecule has 0 amide bonds. The minimum Gasteiger partial charge on any atom is -0.463 e. The van der Waals surface area contributed by atoms with Crippen molar-refractivity contribution in [3.63, 3.8) is 0 Å². The number of esters is 2. The molecule has 7 nitrogen and oxygen atoms in total. The van der Waals surface area contributed by atoms with Crippen molar-refractivity contribution in [1.29, 1.82) is 0 Å². The third-order valence-corrected chi connectivity index (χ3v) is 4.61. The van der Waals surface area contributed by atoms with Crippen LogP contribution < -0.4 is 16.8 Å². The van der Waals surface area contributed by atoms with Crippen molar-refractivity contribution in [2.45, 2.75) is 24.7 Å². The topological polar surface area (TPSA) is 117 Å². The second-order valence-electron chi connectivity index (χ2n) is 5.43. The molecule has 0 radical (unpaired) electrons. The first-order valence-electron chi connectivity index (χ1n) is 8.19. The molecule has 1 aromatic rings. The van der Waals surface area contributed by atoms with Gasteiger partial charge in [-0.25, -0.2) is 9.59 Å². The lowest BCUT2D eigenvalue weighted by Gasteiger charge is -2.29. The van der Waals surface area contributed by atoms with Crippen LogP contribution in [0.3, 0.4) is 0 Å². The number of ether oxygens (including phenoxy) is 2. The van der Waals surface area contributed by atoms with Crippen molar-refractivity contribution in [3.8, 4) is 0 Å². The van der Waals surface area contributed by atoms with E-state index in [0.717, 1.165) is 4.90 Å². The third kappa shape index (κ3) is 3.96. The minimum absolute atomic E-state index is 0.0629. The van der Waals surface area contributed by atoms with Gasteiger partial charge in [-0.15, -0.1) is 11.8 Å². The number of nitrogens with two attached hydrogens (primary N) is 2. The summed E-state index contributed by atoms with van der Waals surface area (Å²) in [6.45, 7) is 3.76. The largest absolute Gasteiger partial charge is 0.463 e. The number of carbonyl (C=O) groups excluding carboxylic acids is 2. The van der Waals surface area contributed by atoms with Crippen LogP contribution in [0.25, 0.3) is 0 Å². The van der Waals surface area contributed by atoms with E-state index in [4.69, 9.17) is 20.9 Å². The monoisotopic (exact) mass is 377 g/mol. The molecule has 0 spiro atoms. The highest BCUT2D eigenvalue weighted by Crippen LogP contribution is 2.38. The minimum atomic E-state index is -0.773. The van der Waals surface area contributed by atoms with Gasteiger partial charge in [0.25, 0.3) is 0 Å². The number of rotatable bonds is 6. The molecule has 0 unspecified atom stereocenters. The number of hydrogen-bond acceptors (Lipinski definition) is 8. The van der Waals surface area contributed by atoms with Crippen LogP contribution in [0.5, 0.6) is 0 Å². The van der Waals surface area contributed by atoms with Crippen LogP contribution in [0.4, 0.5) is 0 Å². The molecule has 0 atom stereocenters. The van der Waals surface area contributed by atoms with Gasteiger partial charge in [0.1, 0.15) is 11.6 Å². The van der Waals surface area contributed by atoms with Gasteiger partial charge in [-0.2, -0.15) is 0 Å². The Labute approximate surface area is 156 Å². The summed E-state index contributed by atoms with van der Waals surface area (Å²) in [5.41, 5.74) is 13.0. The smallest absolute Gasteiger partial charge is 0.338 e. The summed E-state index contributed by atoms with van der Waals surface area (Å²) < 4.78 is 10.3. The van der Waals surface area contributed by atoms with E-state index >= 15 is 0 Å². The lowest BCUT2D eigenvalue weighted by atomic mass is 9.82. The normalized spacial score (nSPS) is 14.9. The summed E-state index contributed by atoms with van der Waals surface area (Å²) in [6, 6.07) is 7.47. The molecule has 0 fully saturated rings. The molecular formula is C18H23N3O4S. The maximum absolute atomic E-state index is 12.5. The number of hydrogen-bond donors (Lipinski definition) is 3. The van der Waals surface area contributed by atoms with E-state index in [1.165, 1.54) is 0 Å². The molecular weight excluding hydrogens is 354 g/mol. The molecule has 1 heterocycles. The van der Waals surface area contributed by atoms with E-state index in [1.54, 1.807) is 25.6 Å². The molecule has 8 heteroatoms. The zero-order valence-corrected chi connectivity index (χ0v) is 15.8. The van der Waals surface area contributed by atoms with Crippen LogP contribution in [0.15, 0.2) is 51.9 Å². The molecule has 0 aromatic heterocycles. The van der Waals surface area contributed by atoms with Crippen LogP contribution in [-0.2, 0) is 19.1 Å². The second kappa shape index (κ2) is 8.66. The molecule has 2 rings (SSSR count). The molecule has 0 saturated carbocycles. The van der Waals surface area contributed by atoms with Gasteiger partial charge >= 0.3 is 11.9 Å². The van der Waals surface area contributed by atoms with Gasteiger partial charge in [-0.3, -0.25) is 0 Å². The Morgan fingerprint density at radius 2 is 1.46 bits per heavy atom. The summed E-state index contributed by atoms with van der Waals surface area (Å²) >= 11 is 1.59. The molecule has 1 aliphatic heterocycles. The van der Waals surface area contributed by atoms with E-state index in [-0.39, 0.29) is 36.0 Å². The van der Waals surface area contributed by atoms with E-state index < -0.39 is 17.9 Å². The van der Waals surface area contributed by atoms with Crippen molar-refractivity contribution in [1.82, 2.24) is 5.32 Å². The summed E-state index contributed by atoms with van der Waals surface area (Å²) in [6.07, 6.45) is 1.96. The summed E-state index contributed by atoms with van der Waals surface area (Å²) in [7, 11) is 0. The van der Waals surface area contributed by atoms with Crippen LogP contribution in [-0.4, -0.2) is 31.4 Å². The van der Waals surface area contributed by atoms with Crippen LogP contribution in [0.2, 0.25) is 0 Å². The lowest BCUT2D eigenvalue weighted by molar-refractivity contribution is -0.139. The zero-order valence-electron chi connectivity index (χ0n) is 15.0. The van der Waals surface area contributed by atoms with Crippen molar-refractivity contribution < 1.29 is 19.1 Å². The quantitative estimate of drug-likeness (QED) is 0.505. The van der Waals surface area contributed by atoms with Gasteiger partial charge in [0.05, 0.1) is 30.3 Å². The predicted octanol–water partition coefficient (Wildman–Crippen LogP) is 1.56. The van der Waals surface area contributed by atoms with Gasteiger partial charge in [-0.05, 0) is 37.8 Å². The van der Waals surface area contributed by atoms with E-state index in [1.807, 2.05) is 30.5 Å². The molecule has 0 aliphatic carbocycles. The molecule has 1 aliphatic rings. The summed E-state index contributed by atoms with van der Waals surface area (Å²) in [4.78, 5) is 26.1. The molecule has 0 saturated heterocycles. The Bertz CT molecular complexity index is 716. The van der Waals surface area contributed by atoms with Crippen LogP contribution in [0, 0.1) is 0 Å². The Morgan fingerprint density at radius 1 is 1.00 bits per heavy atom. The van der Waals surface area contributed by atoms with Crippen LogP contribution in [0.1, 0.15) is 25.3 Å². The van der Waals surface area contributed by atoms with E-state index in [2.05, 4.69) is 5.32 Å². The van der Waals surface area contributed by atoms with Gasteiger partial charge in [0.2, 0.25) is 0 Å². The van der Waals surface area contributed by atoms with Gasteiger partial charge < -0.3 is 26.3 Å². The van der Waals surface area contributed by atoms with Crippen molar-refractivity contribution >= 4 is 23.7 Å². The van der Waals surface area contributed by atoms with Crippen molar-refractivity contribution in [2.75, 3.05) is 19.5 Å². The fourth-order valence-corrected chi connectivity index (χ4v) is 3.15. The van der Waals surface area contributed by atoms with Gasteiger partial charge in [0, 0.05) is 4.90 Å². The number of thioether (sulfide) groups is 1. The maximum atomic E-state index is 12.5. The Balaban J connectivity index is 2.60. The Kier molecular flexibility index (Phi) is 6.57. The first kappa shape index (κ1) is 19.7. The average molecular weight is 377 g/mol. The standard InChI is InChI=1S/C18H23N3O4S/c1-4-24-17(22)13-12(10-6-8-11(26-3)9-7-10)14(18(23)25-5-2)16(20)21-15(13)19/h6-9,12,21H,4-5,19-20H2,1-3H3. The predicted molar refractivity (Wildman–Crippen MR) is 99.8 cm³/mol. The number of carbonyl (C=O) groups is 2. The molecule has 26 heavy (non-hydrogen) atoms. The molecule has 1 aromatic carbocycles. The zero-order chi connectivity index (χ0) is 19.3. The Hall–Kier alpha value is -2.61. The van der Waals surface area contributed by atoms with E-state index in [9.17, 15) is 9.59 Å². The van der Waals surface area contributed by atoms with Crippen molar-refractivity contribution in [2.24, 2.45) is 11.5 Å². The van der Waals surface area contributed by atoms with Gasteiger partial charge in [0.15, 0.2) is 0 Å². The van der Waals surface area contributed by atoms with Crippen LogP contribution >= 0.6 is 11.8 Å². The molecule has 5 N–H and O–H groups in total. The SMILES string of the molecule is CCOC(=O)C1=C(N)NC(N)=C(C(=O)OCC)C1c1ccc(SC)cc1. The van der Waals surface area contributed by atoms with Gasteiger partial charge in [-0.1, -0.05) is 12.1 Å². The Morgan fingerprint density at radius 3 is 1.85 bits per heavy atom. The highest BCUT2D eigenvalue weighted by Gasteiger charge is 2.39. The first-order valence-corrected chi connectivity index (χ1v) is 9.41. The highest BCUT2D eigenvalue weighted by atomic mass is 32.2. The summed E-state index contributed by atoms with van der Waals surface area (Å²) in [5, 5.41) is 2.69. The highest BCUT2D eigenvalue weighted by molar-refractivity contribution is 7.98. The maximum Gasteiger partial charge on any atom is 0.338 e. The van der Waals surface area contributed by atoms with Crippen molar-refractivity contribution in [3.05, 3.63) is 52.6 Å². The fraction of sp³-hybridized carbons (Fsp3) is 0.333. The fourth-order valence-electron chi connectivity index (χ4n) is 2.74. The average Bonchev–Trinajstić information content (AvgIpc) is 2.61.